The lowest BCUT2D eigenvalue weighted by Crippen LogP contribution is -2.32. The average Bonchev–Trinajstić information content (AvgIpc) is 4.40. The largest absolute Gasteiger partial charge is 0.533 e. The van der Waals surface area contributed by atoms with Crippen LogP contribution in [0.15, 0.2) is 0 Å². The normalized spacial score (nSPS) is 28.9. The standard InChI is InChI=1S/C17H26N4O3.C15H17NO5.2C12H17NO2.C2H6/c1-11(22)4-3-9-21-16-8-6-13-12(5-7-15(16)19-20-21)14(13)10-24-17(23)18-2;17-13-7-8-14(18)16(13)21-15(19)20-9-12-10-5-3-1-2-4-6-11(10)12;2*1-13-12(14)15-8-11-9-6-4-2-3-5-7-10(9)11;1-2/h12-14H,3-10H2,1-2H3,(H,18,23);10-12H,3-9H2;2*9-11H,4-8H2,1H3,(H,13,14);1-2H3/t12-,13+,14-;10-,11+,12?;2*9-,10+,11?;/m0..../s1. The molecule has 12 atom stereocenters. The van der Waals surface area contributed by atoms with Crippen molar-refractivity contribution >= 4 is 42.0 Å². The molecule has 1 aromatic heterocycles. The van der Waals surface area contributed by atoms with Gasteiger partial charge in [0.2, 0.25) is 0 Å². The third-order valence-corrected chi connectivity index (χ3v) is 16.7. The molecule has 10 rings (SSSR count). The zero-order chi connectivity index (χ0) is 55.3. The van der Waals surface area contributed by atoms with Crippen LogP contribution in [0.4, 0.5) is 19.2 Å². The van der Waals surface area contributed by atoms with Crippen molar-refractivity contribution in [2.45, 2.75) is 156 Å². The van der Waals surface area contributed by atoms with Crippen LogP contribution in [0.5, 0.6) is 0 Å². The van der Waals surface area contributed by atoms with E-state index in [1.54, 1.807) is 28.1 Å². The maximum Gasteiger partial charge on any atom is 0.533 e. The fourth-order valence-corrected chi connectivity index (χ4v) is 12.2. The summed E-state index contributed by atoms with van der Waals surface area (Å²) in [6.45, 7) is 8.34. The molecule has 9 aliphatic rings. The molecule has 0 aromatic carbocycles. The molecule has 422 valence electrons. The molecule has 77 heavy (non-hydrogen) atoms. The minimum Gasteiger partial charge on any atom is -0.449 e. The molecule has 19 nitrogen and oxygen atoms in total. The van der Waals surface area contributed by atoms with E-state index in [1.807, 2.05) is 18.5 Å². The van der Waals surface area contributed by atoms with E-state index >= 15 is 0 Å². The van der Waals surface area contributed by atoms with Gasteiger partial charge in [0.25, 0.3) is 11.8 Å². The van der Waals surface area contributed by atoms with Gasteiger partial charge in [0.15, 0.2) is 0 Å². The van der Waals surface area contributed by atoms with Gasteiger partial charge in [0, 0.05) is 85.5 Å². The first-order valence-electron chi connectivity index (χ1n) is 28.4. The van der Waals surface area contributed by atoms with Crippen LogP contribution >= 0.6 is 0 Å². The molecule has 4 saturated carbocycles. The summed E-state index contributed by atoms with van der Waals surface area (Å²) in [7, 11) is 4.76. The number of alkyl carbamates (subject to hydrolysis) is 3. The number of Topliss-reactive ketones (excluding diaryl/α,β-unsaturated/α-hetero) is 1. The van der Waals surface area contributed by atoms with Crippen molar-refractivity contribution in [1.29, 1.82) is 0 Å². The second-order valence-corrected chi connectivity index (χ2v) is 21.1. The maximum atomic E-state index is 11.5. The third-order valence-electron chi connectivity index (χ3n) is 16.7. The van der Waals surface area contributed by atoms with Gasteiger partial charge in [-0.25, -0.2) is 23.9 Å². The Bertz CT molecular complexity index is 2260. The molecule has 1 saturated heterocycles. The molecule has 2 heterocycles. The van der Waals surface area contributed by atoms with E-state index in [9.17, 15) is 33.6 Å². The Morgan fingerprint density at radius 1 is 0.519 bits per heavy atom. The highest BCUT2D eigenvalue weighted by Gasteiger charge is 2.52. The Morgan fingerprint density at radius 2 is 0.870 bits per heavy atom. The highest BCUT2D eigenvalue weighted by molar-refractivity contribution is 6.01. The molecule has 5 fully saturated rings. The van der Waals surface area contributed by atoms with Gasteiger partial charge < -0.3 is 39.7 Å². The molecule has 0 radical (unpaired) electrons. The summed E-state index contributed by atoms with van der Waals surface area (Å²) in [5, 5.41) is 16.6. The monoisotopic (exact) mass is 1070 g/mol. The van der Waals surface area contributed by atoms with Crippen LogP contribution in [0.25, 0.3) is 0 Å². The number of imide groups is 1. The summed E-state index contributed by atoms with van der Waals surface area (Å²) < 4.78 is 22.5. The van der Waals surface area contributed by atoms with Crippen molar-refractivity contribution in [3.63, 3.8) is 0 Å². The maximum absolute atomic E-state index is 11.5. The highest BCUT2D eigenvalue weighted by atomic mass is 16.8. The number of ether oxygens (including phenoxy) is 4. The molecule has 5 amide bonds. The molecule has 0 bridgehead atoms. The van der Waals surface area contributed by atoms with Crippen molar-refractivity contribution in [2.75, 3.05) is 47.6 Å². The zero-order valence-electron chi connectivity index (χ0n) is 46.3. The smallest absolute Gasteiger partial charge is 0.449 e. The quantitative estimate of drug-likeness (QED) is 0.0736. The van der Waals surface area contributed by atoms with Gasteiger partial charge in [-0.2, -0.15) is 0 Å². The van der Waals surface area contributed by atoms with Gasteiger partial charge >= 0.3 is 24.4 Å². The third kappa shape index (κ3) is 18.1. The van der Waals surface area contributed by atoms with Crippen LogP contribution < -0.4 is 16.0 Å². The van der Waals surface area contributed by atoms with Crippen LogP contribution in [-0.2, 0) is 57.6 Å². The number of carbonyl (C=O) groups excluding carboxylic acids is 7. The Kier molecular flexibility index (Phi) is 23.8. The molecule has 8 aliphatic carbocycles. The van der Waals surface area contributed by atoms with E-state index in [2.05, 4.69) is 66.6 Å². The number of aryl methyl sites for hydroxylation is 2. The van der Waals surface area contributed by atoms with E-state index in [4.69, 9.17) is 18.9 Å². The Hall–Kier alpha value is -6.29. The number of aromatic nitrogens is 3. The van der Waals surface area contributed by atoms with Crippen LogP contribution in [-0.4, -0.2) is 110 Å². The van der Waals surface area contributed by atoms with E-state index in [0.717, 1.165) is 119 Å². The Labute approximate surface area is 455 Å². The second-order valence-electron chi connectivity index (χ2n) is 21.1. The number of ketones is 1. The molecule has 19 heteroatoms. The molecular formula is C58H83N7O12. The first kappa shape index (κ1) is 59.9. The number of hydroxylamine groups is 2. The molecule has 1 aromatic rings. The Morgan fingerprint density at radius 3 is 1.23 bits per heavy atom. The van der Waals surface area contributed by atoms with Gasteiger partial charge in [-0.15, -0.1) is 40.6 Å². The predicted octanol–water partition coefficient (Wildman–Crippen LogP) is 7.98. The molecule has 0 spiro atoms. The summed E-state index contributed by atoms with van der Waals surface area (Å²) in [5.74, 6) is 25.6. The van der Waals surface area contributed by atoms with E-state index in [1.165, 1.54) is 31.4 Å². The SMILES string of the molecule is CC.CNC(=O)OCC1[C@H]2CCC#CCC[C@@H]12.CNC(=O)OCC1[C@H]2CCC#CCC[C@@H]12.CNC(=O)OC[C@@H]1[C@@H]2CCc3c(nnn3CCCC(C)=O)CC[C@@H]21.O=C(OCC1[C@H]2CCC#CCC[C@@H]12)ON1C(=O)CCC1=O. The van der Waals surface area contributed by atoms with Gasteiger partial charge in [0.05, 0.1) is 37.8 Å². The number of nitrogens with one attached hydrogen (secondary N) is 3. The fourth-order valence-electron chi connectivity index (χ4n) is 12.2. The van der Waals surface area contributed by atoms with Crippen molar-refractivity contribution in [3.8, 4) is 35.5 Å². The average molecular weight is 1070 g/mol. The summed E-state index contributed by atoms with van der Waals surface area (Å²) in [5.41, 5.74) is 2.34. The first-order valence-corrected chi connectivity index (χ1v) is 28.4. The van der Waals surface area contributed by atoms with Crippen molar-refractivity contribution in [3.05, 3.63) is 11.4 Å². The summed E-state index contributed by atoms with van der Waals surface area (Å²) in [6.07, 6.45) is 16.4. The van der Waals surface area contributed by atoms with Crippen LogP contribution in [0.3, 0.4) is 0 Å². The minimum absolute atomic E-state index is 0.0822. The van der Waals surface area contributed by atoms with Crippen LogP contribution in [0, 0.1) is 107 Å². The topological polar surface area (TPSA) is 236 Å². The predicted molar refractivity (Wildman–Crippen MR) is 283 cm³/mol. The van der Waals surface area contributed by atoms with Gasteiger partial charge in [-0.05, 0) is 149 Å². The minimum atomic E-state index is -0.978. The summed E-state index contributed by atoms with van der Waals surface area (Å²) in [6, 6.07) is 0. The lowest BCUT2D eigenvalue weighted by atomic mass is 10.0. The number of amides is 5. The molecular weight excluding hydrogens is 987 g/mol. The van der Waals surface area contributed by atoms with Crippen LogP contribution in [0.1, 0.15) is 148 Å². The summed E-state index contributed by atoms with van der Waals surface area (Å²) in [4.78, 5) is 83.0. The van der Waals surface area contributed by atoms with Crippen molar-refractivity contribution in [1.82, 2.24) is 36.0 Å². The second kappa shape index (κ2) is 30.6. The van der Waals surface area contributed by atoms with E-state index in [-0.39, 0.29) is 43.5 Å². The lowest BCUT2D eigenvalue weighted by molar-refractivity contribution is -0.177. The molecule has 1 aliphatic heterocycles. The summed E-state index contributed by atoms with van der Waals surface area (Å²) >= 11 is 0. The van der Waals surface area contributed by atoms with Crippen molar-refractivity contribution < 1.29 is 57.3 Å². The number of fused-ring (bicyclic) bond motifs is 5. The fraction of sp³-hybridized carbons (Fsp3) is 0.741. The van der Waals surface area contributed by atoms with Crippen molar-refractivity contribution in [2.24, 2.45) is 71.0 Å². The first-order chi connectivity index (χ1) is 37.4. The highest BCUT2D eigenvalue weighted by Crippen LogP contribution is 2.55. The Balaban J connectivity index is 0.000000168. The number of rotatable bonds is 13. The van der Waals surface area contributed by atoms with E-state index < -0.39 is 18.0 Å². The van der Waals surface area contributed by atoms with Gasteiger partial charge in [-0.3, -0.25) is 14.4 Å². The lowest BCUT2D eigenvalue weighted by Gasteiger charge is -2.12. The molecule has 3 unspecified atom stereocenters. The van der Waals surface area contributed by atoms with E-state index in [0.29, 0.717) is 78.6 Å². The number of nitrogens with zero attached hydrogens (tertiary/aromatic N) is 4. The van der Waals surface area contributed by atoms with Gasteiger partial charge in [-0.1, -0.05) is 24.1 Å². The molecule has 3 N–H and O–H groups in total. The number of hydrogen-bond donors (Lipinski definition) is 3. The zero-order valence-corrected chi connectivity index (χ0v) is 46.3. The number of carbonyl (C=O) groups is 7. The van der Waals surface area contributed by atoms with Crippen LogP contribution in [0.2, 0.25) is 0 Å². The van der Waals surface area contributed by atoms with Gasteiger partial charge in [0.1, 0.15) is 5.78 Å². The number of hydrogen-bond acceptors (Lipinski definition) is 14.